The Labute approximate surface area is 127 Å². The summed E-state index contributed by atoms with van der Waals surface area (Å²) >= 11 is 0. The molecular weight excluding hydrogens is 264 g/mol. The fourth-order valence-electron chi connectivity index (χ4n) is 3.42. The average molecular weight is 290 g/mol. The van der Waals surface area contributed by atoms with Crippen molar-refractivity contribution in [1.82, 2.24) is 9.88 Å². The zero-order valence-corrected chi connectivity index (χ0v) is 13.1. The molecule has 1 atom stereocenters. The molecule has 1 aromatic rings. The SMILES string of the molecule is CC(CN(C)Cc1ncccc1C(=O)O)C1CCCCC1. The van der Waals surface area contributed by atoms with Gasteiger partial charge in [-0.2, -0.15) is 0 Å². The van der Waals surface area contributed by atoms with E-state index in [0.29, 0.717) is 23.7 Å². The Morgan fingerprint density at radius 1 is 1.43 bits per heavy atom. The van der Waals surface area contributed by atoms with Gasteiger partial charge in [0.1, 0.15) is 0 Å². The topological polar surface area (TPSA) is 53.4 Å². The summed E-state index contributed by atoms with van der Waals surface area (Å²) in [5.41, 5.74) is 0.970. The molecule has 1 aromatic heterocycles. The van der Waals surface area contributed by atoms with Gasteiger partial charge in [0.25, 0.3) is 0 Å². The van der Waals surface area contributed by atoms with Crippen molar-refractivity contribution in [3.05, 3.63) is 29.6 Å². The fourth-order valence-corrected chi connectivity index (χ4v) is 3.42. The van der Waals surface area contributed by atoms with E-state index in [2.05, 4.69) is 23.9 Å². The summed E-state index contributed by atoms with van der Waals surface area (Å²) in [5.74, 6) is 0.586. The third-order valence-electron chi connectivity index (χ3n) is 4.59. The molecule has 0 spiro atoms. The Bertz CT molecular complexity index is 470. The van der Waals surface area contributed by atoms with Crippen LogP contribution in [0.3, 0.4) is 0 Å². The zero-order valence-electron chi connectivity index (χ0n) is 13.1. The number of aromatic nitrogens is 1. The van der Waals surface area contributed by atoms with E-state index < -0.39 is 5.97 Å². The minimum absolute atomic E-state index is 0.315. The van der Waals surface area contributed by atoms with E-state index in [0.717, 1.165) is 12.5 Å². The molecule has 1 heterocycles. The van der Waals surface area contributed by atoms with E-state index in [1.165, 1.54) is 32.1 Å². The molecule has 116 valence electrons. The van der Waals surface area contributed by atoms with Crippen molar-refractivity contribution in [2.45, 2.75) is 45.6 Å². The van der Waals surface area contributed by atoms with Gasteiger partial charge < -0.3 is 10.0 Å². The van der Waals surface area contributed by atoms with Gasteiger partial charge in [0, 0.05) is 19.3 Å². The fraction of sp³-hybridized carbons (Fsp3) is 0.647. The lowest BCUT2D eigenvalue weighted by atomic mass is 9.80. The van der Waals surface area contributed by atoms with Gasteiger partial charge >= 0.3 is 5.97 Å². The highest BCUT2D eigenvalue weighted by Gasteiger charge is 2.21. The van der Waals surface area contributed by atoms with Gasteiger partial charge in [-0.25, -0.2) is 4.79 Å². The lowest BCUT2D eigenvalue weighted by Crippen LogP contribution is -2.30. The largest absolute Gasteiger partial charge is 0.478 e. The number of carbonyl (C=O) groups is 1. The number of pyridine rings is 1. The van der Waals surface area contributed by atoms with Crippen LogP contribution in [0, 0.1) is 11.8 Å². The molecule has 0 bridgehead atoms. The second-order valence-corrected chi connectivity index (χ2v) is 6.37. The van der Waals surface area contributed by atoms with Crippen LogP contribution < -0.4 is 0 Å². The normalized spacial score (nSPS) is 17.9. The van der Waals surface area contributed by atoms with Crippen molar-refractivity contribution in [3.63, 3.8) is 0 Å². The lowest BCUT2D eigenvalue weighted by Gasteiger charge is -2.30. The molecule has 1 fully saturated rings. The van der Waals surface area contributed by atoms with Crippen LogP contribution >= 0.6 is 0 Å². The van der Waals surface area contributed by atoms with Crippen LogP contribution in [-0.2, 0) is 6.54 Å². The van der Waals surface area contributed by atoms with Crippen LogP contribution in [0.15, 0.2) is 18.3 Å². The smallest absolute Gasteiger partial charge is 0.337 e. The summed E-state index contributed by atoms with van der Waals surface area (Å²) in [6.45, 7) is 3.92. The zero-order chi connectivity index (χ0) is 15.2. The Morgan fingerprint density at radius 2 is 2.14 bits per heavy atom. The minimum Gasteiger partial charge on any atom is -0.478 e. The summed E-state index contributed by atoms with van der Waals surface area (Å²) in [6, 6.07) is 3.31. The van der Waals surface area contributed by atoms with E-state index >= 15 is 0 Å². The molecule has 21 heavy (non-hydrogen) atoms. The van der Waals surface area contributed by atoms with Crippen molar-refractivity contribution < 1.29 is 9.90 Å². The van der Waals surface area contributed by atoms with Gasteiger partial charge in [0.15, 0.2) is 0 Å². The van der Waals surface area contributed by atoms with Crippen molar-refractivity contribution in [1.29, 1.82) is 0 Å². The Hall–Kier alpha value is -1.42. The number of hydrogen-bond acceptors (Lipinski definition) is 3. The molecule has 0 radical (unpaired) electrons. The third-order valence-corrected chi connectivity index (χ3v) is 4.59. The number of nitrogens with zero attached hydrogens (tertiary/aromatic N) is 2. The molecule has 1 N–H and O–H groups in total. The van der Waals surface area contributed by atoms with E-state index in [-0.39, 0.29) is 0 Å². The predicted octanol–water partition coefficient (Wildman–Crippen LogP) is 3.43. The van der Waals surface area contributed by atoms with Gasteiger partial charge in [-0.1, -0.05) is 39.0 Å². The maximum Gasteiger partial charge on any atom is 0.337 e. The average Bonchev–Trinajstić information content (AvgIpc) is 2.48. The van der Waals surface area contributed by atoms with Crippen LogP contribution in [0.25, 0.3) is 0 Å². The molecule has 1 saturated carbocycles. The number of aromatic carboxylic acids is 1. The summed E-state index contributed by atoms with van der Waals surface area (Å²) in [4.78, 5) is 17.7. The number of rotatable bonds is 6. The summed E-state index contributed by atoms with van der Waals surface area (Å²) in [5, 5.41) is 9.21. The highest BCUT2D eigenvalue weighted by molar-refractivity contribution is 5.88. The highest BCUT2D eigenvalue weighted by atomic mass is 16.4. The molecule has 4 heteroatoms. The quantitative estimate of drug-likeness (QED) is 0.872. The highest BCUT2D eigenvalue weighted by Crippen LogP contribution is 2.30. The first-order chi connectivity index (χ1) is 10.1. The predicted molar refractivity (Wildman–Crippen MR) is 83.3 cm³/mol. The number of carboxylic acids is 1. The molecule has 1 aliphatic carbocycles. The van der Waals surface area contributed by atoms with Crippen molar-refractivity contribution in [3.8, 4) is 0 Å². The number of hydrogen-bond donors (Lipinski definition) is 1. The standard InChI is InChI=1S/C17H26N2O2/c1-13(14-7-4-3-5-8-14)11-19(2)12-16-15(17(20)21)9-6-10-18-16/h6,9-10,13-14H,3-5,7-8,11-12H2,1-2H3,(H,20,21). The molecule has 0 aromatic carbocycles. The molecule has 0 aliphatic heterocycles. The maximum absolute atomic E-state index is 11.2. The monoisotopic (exact) mass is 290 g/mol. The Kier molecular flexibility index (Phi) is 5.74. The molecule has 0 saturated heterocycles. The second kappa shape index (κ2) is 7.55. The lowest BCUT2D eigenvalue weighted by molar-refractivity contribution is 0.0693. The van der Waals surface area contributed by atoms with E-state index in [1.807, 2.05) is 0 Å². The number of carboxylic acid groups (broad SMARTS) is 1. The third kappa shape index (κ3) is 4.53. The van der Waals surface area contributed by atoms with Crippen LogP contribution in [0.4, 0.5) is 0 Å². The van der Waals surface area contributed by atoms with Crippen LogP contribution in [0.2, 0.25) is 0 Å². The van der Waals surface area contributed by atoms with E-state index in [4.69, 9.17) is 0 Å². The van der Waals surface area contributed by atoms with Gasteiger partial charge in [0.2, 0.25) is 0 Å². The van der Waals surface area contributed by atoms with Crippen molar-refractivity contribution >= 4 is 5.97 Å². The van der Waals surface area contributed by atoms with Crippen molar-refractivity contribution in [2.24, 2.45) is 11.8 Å². The molecule has 0 amide bonds. The van der Waals surface area contributed by atoms with Crippen LogP contribution in [0.1, 0.15) is 55.1 Å². The molecular formula is C17H26N2O2. The van der Waals surface area contributed by atoms with Gasteiger partial charge in [-0.15, -0.1) is 0 Å². The first-order valence-electron chi connectivity index (χ1n) is 7.93. The molecule has 2 rings (SSSR count). The molecule has 1 aliphatic rings. The Morgan fingerprint density at radius 3 is 2.81 bits per heavy atom. The summed E-state index contributed by atoms with van der Waals surface area (Å²) in [6.07, 6.45) is 8.47. The van der Waals surface area contributed by atoms with Crippen molar-refractivity contribution in [2.75, 3.05) is 13.6 Å². The second-order valence-electron chi connectivity index (χ2n) is 6.37. The van der Waals surface area contributed by atoms with Gasteiger partial charge in [0.05, 0.1) is 11.3 Å². The Balaban J connectivity index is 1.92. The first-order valence-corrected chi connectivity index (χ1v) is 7.93. The summed E-state index contributed by atoms with van der Waals surface area (Å²) < 4.78 is 0. The van der Waals surface area contributed by atoms with Gasteiger partial charge in [-0.3, -0.25) is 4.98 Å². The minimum atomic E-state index is -0.896. The van der Waals surface area contributed by atoms with Crippen LogP contribution in [-0.4, -0.2) is 34.6 Å². The van der Waals surface area contributed by atoms with E-state index in [9.17, 15) is 9.90 Å². The van der Waals surface area contributed by atoms with E-state index in [1.54, 1.807) is 18.3 Å². The molecule has 4 nitrogen and oxygen atoms in total. The van der Waals surface area contributed by atoms with Gasteiger partial charge in [-0.05, 0) is 31.0 Å². The first kappa shape index (κ1) is 16.0. The molecule has 1 unspecified atom stereocenters. The summed E-state index contributed by atoms with van der Waals surface area (Å²) in [7, 11) is 2.06. The maximum atomic E-state index is 11.2. The van der Waals surface area contributed by atoms with Crippen LogP contribution in [0.5, 0.6) is 0 Å².